The van der Waals surface area contributed by atoms with Crippen LogP contribution < -0.4 is 15.1 Å². The summed E-state index contributed by atoms with van der Waals surface area (Å²) in [6, 6.07) is 13.0. The molecule has 0 bridgehead atoms. The predicted molar refractivity (Wildman–Crippen MR) is 120 cm³/mol. The van der Waals surface area contributed by atoms with E-state index < -0.39 is 11.4 Å². The number of rotatable bonds is 9. The van der Waals surface area contributed by atoms with Crippen LogP contribution in [-0.2, 0) is 18.9 Å². The van der Waals surface area contributed by atoms with E-state index in [1.165, 1.54) is 23.9 Å². The number of hydrogen-bond acceptors (Lipinski definition) is 7. The van der Waals surface area contributed by atoms with Gasteiger partial charge in [0.25, 0.3) is 0 Å². The van der Waals surface area contributed by atoms with E-state index in [0.717, 1.165) is 10.9 Å². The number of thioether (sulfide) groups is 1. The quantitative estimate of drug-likeness (QED) is 0.208. The molecule has 0 unspecified atom stereocenters. The summed E-state index contributed by atoms with van der Waals surface area (Å²) in [6.45, 7) is 4.30. The van der Waals surface area contributed by atoms with E-state index in [1.807, 2.05) is 16.7 Å². The van der Waals surface area contributed by atoms with Gasteiger partial charge in [0, 0.05) is 29.8 Å². The smallest absolute Gasteiger partial charge is 0.336 e. The molecule has 2 heterocycles. The fourth-order valence-electron chi connectivity index (χ4n) is 3.15. The number of nitrogens with zero attached hydrogens (tertiary/aromatic N) is 3. The van der Waals surface area contributed by atoms with E-state index in [9.17, 15) is 9.18 Å². The highest BCUT2D eigenvalue weighted by Gasteiger charge is 2.15. The first-order valence-corrected chi connectivity index (χ1v) is 10.7. The average molecular weight is 453 g/mol. The molecular weight excluding hydrogens is 433 g/mol. The largest absolute Gasteiger partial charge is 0.497 e. The maximum Gasteiger partial charge on any atom is 0.336 e. The molecule has 0 aliphatic carbocycles. The zero-order chi connectivity index (χ0) is 22.5. The molecule has 0 radical (unpaired) electrons. The van der Waals surface area contributed by atoms with E-state index in [4.69, 9.17) is 13.9 Å². The Bertz CT molecular complexity index is 1320. The summed E-state index contributed by atoms with van der Waals surface area (Å²) < 4.78 is 31.8. The van der Waals surface area contributed by atoms with Gasteiger partial charge in [0.05, 0.1) is 7.11 Å². The lowest BCUT2D eigenvalue weighted by Gasteiger charge is -2.10. The molecule has 0 N–H and O–H groups in total. The first kappa shape index (κ1) is 21.6. The Morgan fingerprint density at radius 1 is 1.22 bits per heavy atom. The van der Waals surface area contributed by atoms with Crippen LogP contribution in [-0.4, -0.2) is 21.9 Å². The number of para-hydroxylation sites is 1. The number of fused-ring (bicyclic) bond motifs is 1. The Labute approximate surface area is 187 Å². The van der Waals surface area contributed by atoms with Gasteiger partial charge in [-0.15, -0.1) is 16.8 Å². The summed E-state index contributed by atoms with van der Waals surface area (Å²) in [6.07, 6.45) is 1.72. The molecule has 0 saturated carbocycles. The molecule has 0 amide bonds. The molecule has 0 fully saturated rings. The summed E-state index contributed by atoms with van der Waals surface area (Å²) >= 11 is 1.42. The van der Waals surface area contributed by atoms with Gasteiger partial charge < -0.3 is 13.9 Å². The number of methoxy groups -OCH3 is 1. The SMILES string of the molecule is C=CCn1c(COc2ccccc2F)nnc1SCc1cc(=O)oc2cc(OC)ccc12. The van der Waals surface area contributed by atoms with Crippen molar-refractivity contribution in [3.63, 3.8) is 0 Å². The highest BCUT2D eigenvalue weighted by atomic mass is 32.2. The zero-order valence-corrected chi connectivity index (χ0v) is 18.1. The van der Waals surface area contributed by atoms with Crippen molar-refractivity contribution in [2.75, 3.05) is 7.11 Å². The van der Waals surface area contributed by atoms with Crippen LogP contribution in [0.2, 0.25) is 0 Å². The Kier molecular flexibility index (Phi) is 6.55. The second-order valence-corrected chi connectivity index (χ2v) is 7.70. The Hall–Kier alpha value is -3.59. The lowest BCUT2D eigenvalue weighted by atomic mass is 10.1. The minimum Gasteiger partial charge on any atom is -0.497 e. The third kappa shape index (κ3) is 4.67. The second kappa shape index (κ2) is 9.69. The van der Waals surface area contributed by atoms with Crippen molar-refractivity contribution in [3.05, 3.63) is 88.8 Å². The van der Waals surface area contributed by atoms with Gasteiger partial charge in [-0.25, -0.2) is 9.18 Å². The third-order valence-electron chi connectivity index (χ3n) is 4.69. The summed E-state index contributed by atoms with van der Waals surface area (Å²) in [5, 5.41) is 9.89. The molecule has 4 aromatic rings. The Morgan fingerprint density at radius 2 is 2.06 bits per heavy atom. The summed E-state index contributed by atoms with van der Waals surface area (Å²) in [7, 11) is 1.55. The molecule has 2 aromatic heterocycles. The van der Waals surface area contributed by atoms with Crippen LogP contribution in [0.4, 0.5) is 4.39 Å². The number of aromatic nitrogens is 3. The molecule has 4 rings (SSSR count). The van der Waals surface area contributed by atoms with Crippen molar-refractivity contribution in [2.45, 2.75) is 24.1 Å². The van der Waals surface area contributed by atoms with Crippen LogP contribution in [0.1, 0.15) is 11.4 Å². The van der Waals surface area contributed by atoms with Crippen LogP contribution in [0.5, 0.6) is 11.5 Å². The molecule has 164 valence electrons. The van der Waals surface area contributed by atoms with Gasteiger partial charge in [0.15, 0.2) is 22.5 Å². The van der Waals surface area contributed by atoms with Crippen LogP contribution in [0.3, 0.4) is 0 Å². The number of benzene rings is 2. The van der Waals surface area contributed by atoms with Crippen LogP contribution in [0, 0.1) is 5.82 Å². The van der Waals surface area contributed by atoms with Gasteiger partial charge in [-0.3, -0.25) is 4.57 Å². The maximum atomic E-state index is 13.8. The number of ether oxygens (including phenoxy) is 2. The van der Waals surface area contributed by atoms with Gasteiger partial charge >= 0.3 is 5.63 Å². The van der Waals surface area contributed by atoms with E-state index >= 15 is 0 Å². The summed E-state index contributed by atoms with van der Waals surface area (Å²) in [5.41, 5.74) is 0.827. The van der Waals surface area contributed by atoms with E-state index in [2.05, 4.69) is 16.8 Å². The number of hydrogen-bond donors (Lipinski definition) is 0. The van der Waals surface area contributed by atoms with Gasteiger partial charge in [-0.1, -0.05) is 30.0 Å². The highest BCUT2D eigenvalue weighted by Crippen LogP contribution is 2.28. The summed E-state index contributed by atoms with van der Waals surface area (Å²) in [4.78, 5) is 12.0. The fraction of sp³-hybridized carbons (Fsp3) is 0.174. The Balaban J connectivity index is 1.55. The number of halogens is 1. The molecule has 0 aliphatic rings. The lowest BCUT2D eigenvalue weighted by Crippen LogP contribution is -2.08. The zero-order valence-electron chi connectivity index (χ0n) is 17.3. The molecular formula is C23H20FN3O4S. The van der Waals surface area contributed by atoms with Gasteiger partial charge in [-0.05, 0) is 29.8 Å². The van der Waals surface area contributed by atoms with E-state index in [-0.39, 0.29) is 12.4 Å². The van der Waals surface area contributed by atoms with E-state index in [0.29, 0.717) is 34.6 Å². The second-order valence-electron chi connectivity index (χ2n) is 6.76. The van der Waals surface area contributed by atoms with Crippen LogP contribution in [0.25, 0.3) is 11.0 Å². The van der Waals surface area contributed by atoms with Crippen molar-refractivity contribution in [1.29, 1.82) is 0 Å². The molecule has 0 aliphatic heterocycles. The van der Waals surface area contributed by atoms with Crippen LogP contribution >= 0.6 is 11.8 Å². The van der Waals surface area contributed by atoms with Crippen molar-refractivity contribution >= 4 is 22.7 Å². The third-order valence-corrected chi connectivity index (χ3v) is 5.71. The maximum absolute atomic E-state index is 13.8. The minimum atomic E-state index is -0.441. The first-order valence-electron chi connectivity index (χ1n) is 9.73. The molecule has 7 nitrogen and oxygen atoms in total. The Morgan fingerprint density at radius 3 is 2.84 bits per heavy atom. The average Bonchev–Trinajstić information content (AvgIpc) is 3.18. The predicted octanol–water partition coefficient (Wildman–Crippen LogP) is 4.59. The highest BCUT2D eigenvalue weighted by molar-refractivity contribution is 7.98. The van der Waals surface area contributed by atoms with Gasteiger partial charge in [-0.2, -0.15) is 0 Å². The fourth-order valence-corrected chi connectivity index (χ4v) is 4.11. The summed E-state index contributed by atoms with van der Waals surface area (Å²) in [5.74, 6) is 1.32. The van der Waals surface area contributed by atoms with Crippen molar-refractivity contribution in [1.82, 2.24) is 14.8 Å². The van der Waals surface area contributed by atoms with Crippen molar-refractivity contribution < 1.29 is 18.3 Å². The standard InChI is InChI=1S/C23H20FN3O4S/c1-3-10-27-21(13-30-19-7-5-4-6-18(19)24)25-26-23(27)32-14-15-11-22(28)31-20-12-16(29-2)8-9-17(15)20/h3-9,11-12H,1,10,13-14H2,2H3. The van der Waals surface area contributed by atoms with Crippen molar-refractivity contribution in [3.8, 4) is 11.5 Å². The monoisotopic (exact) mass is 453 g/mol. The minimum absolute atomic E-state index is 0.0555. The number of allylic oxidation sites excluding steroid dienone is 1. The topological polar surface area (TPSA) is 79.4 Å². The van der Waals surface area contributed by atoms with Gasteiger partial charge in [0.2, 0.25) is 0 Å². The molecule has 0 spiro atoms. The molecule has 0 saturated heterocycles. The van der Waals surface area contributed by atoms with Gasteiger partial charge in [0.1, 0.15) is 17.9 Å². The normalized spacial score (nSPS) is 10.9. The van der Waals surface area contributed by atoms with Crippen LogP contribution in [0.15, 0.2) is 75.6 Å². The van der Waals surface area contributed by atoms with Crippen molar-refractivity contribution in [2.24, 2.45) is 0 Å². The molecule has 9 heteroatoms. The molecule has 0 atom stereocenters. The first-order chi connectivity index (χ1) is 15.6. The molecule has 32 heavy (non-hydrogen) atoms. The molecule has 2 aromatic carbocycles. The van der Waals surface area contributed by atoms with E-state index in [1.54, 1.807) is 37.5 Å². The lowest BCUT2D eigenvalue weighted by molar-refractivity contribution is 0.275.